The predicted octanol–water partition coefficient (Wildman–Crippen LogP) is 1.67. The minimum absolute atomic E-state index is 0.976. The van der Waals surface area contributed by atoms with E-state index in [1.807, 2.05) is 12.3 Å². The van der Waals surface area contributed by atoms with E-state index in [1.165, 1.54) is 5.70 Å². The maximum Gasteiger partial charge on any atom is 0.0652 e. The average molecular weight is 164 g/mol. The Morgan fingerprint density at radius 2 is 2.55 bits per heavy atom. The van der Waals surface area contributed by atoms with Crippen LogP contribution in [0.5, 0.6) is 0 Å². The molecule has 1 aliphatic rings. The highest BCUT2D eigenvalue weighted by molar-refractivity contribution is 8.02. The summed E-state index contributed by atoms with van der Waals surface area (Å²) < 4.78 is 0. The molecule has 0 amide bonds. The summed E-state index contributed by atoms with van der Waals surface area (Å²) in [6, 6.07) is 4.00. The van der Waals surface area contributed by atoms with Crippen LogP contribution in [0.15, 0.2) is 29.9 Å². The Hall–Kier alpha value is -0.960. The summed E-state index contributed by atoms with van der Waals surface area (Å²) in [5.74, 6) is 0.976. The molecule has 0 spiro atoms. The van der Waals surface area contributed by atoms with Crippen LogP contribution in [-0.4, -0.2) is 10.9 Å². The van der Waals surface area contributed by atoms with Gasteiger partial charge in [-0.05, 0) is 17.5 Å². The molecule has 0 unspecified atom stereocenters. The van der Waals surface area contributed by atoms with E-state index < -0.39 is 0 Å². The maximum atomic E-state index is 4.04. The van der Waals surface area contributed by atoms with Crippen LogP contribution in [0.3, 0.4) is 0 Å². The number of pyridine rings is 1. The summed E-state index contributed by atoms with van der Waals surface area (Å²) in [6.45, 7) is 0. The van der Waals surface area contributed by atoms with E-state index in [9.17, 15) is 0 Å². The molecule has 0 fully saturated rings. The summed E-state index contributed by atoms with van der Waals surface area (Å²) >= 11 is 1.78. The number of rotatable bonds is 1. The SMILES string of the molecule is C1=C(c2cccnc2)NCS1. The lowest BCUT2D eigenvalue weighted by atomic mass is 10.2. The van der Waals surface area contributed by atoms with Crippen molar-refractivity contribution in [2.45, 2.75) is 0 Å². The molecule has 0 saturated heterocycles. The van der Waals surface area contributed by atoms with E-state index in [4.69, 9.17) is 0 Å². The van der Waals surface area contributed by atoms with Crippen molar-refractivity contribution in [2.24, 2.45) is 0 Å². The molecule has 0 bridgehead atoms. The third-order valence-corrected chi connectivity index (χ3v) is 2.23. The summed E-state index contributed by atoms with van der Waals surface area (Å²) in [5.41, 5.74) is 2.35. The van der Waals surface area contributed by atoms with Gasteiger partial charge < -0.3 is 5.32 Å². The molecule has 0 aliphatic carbocycles. The zero-order valence-corrected chi connectivity index (χ0v) is 6.77. The number of nitrogens with zero attached hydrogens (tertiary/aromatic N) is 1. The molecule has 0 atom stereocenters. The lowest BCUT2D eigenvalue weighted by Crippen LogP contribution is -2.04. The van der Waals surface area contributed by atoms with Gasteiger partial charge in [-0.2, -0.15) is 0 Å². The van der Waals surface area contributed by atoms with E-state index in [0.29, 0.717) is 0 Å². The molecule has 0 radical (unpaired) electrons. The minimum atomic E-state index is 0.976. The van der Waals surface area contributed by atoms with Crippen molar-refractivity contribution in [3.8, 4) is 0 Å². The second kappa shape index (κ2) is 2.96. The van der Waals surface area contributed by atoms with Crippen molar-refractivity contribution in [2.75, 3.05) is 5.88 Å². The second-order valence-corrected chi connectivity index (χ2v) is 3.12. The van der Waals surface area contributed by atoms with Crippen LogP contribution < -0.4 is 5.32 Å². The van der Waals surface area contributed by atoms with E-state index in [2.05, 4.69) is 21.8 Å². The number of thioether (sulfide) groups is 1. The van der Waals surface area contributed by atoms with Crippen LogP contribution >= 0.6 is 11.8 Å². The number of nitrogens with one attached hydrogen (secondary N) is 1. The number of hydrogen-bond acceptors (Lipinski definition) is 3. The first-order valence-corrected chi connectivity index (χ1v) is 4.48. The third kappa shape index (κ3) is 1.38. The van der Waals surface area contributed by atoms with E-state index in [0.717, 1.165) is 11.4 Å². The quantitative estimate of drug-likeness (QED) is 0.683. The molecule has 1 aromatic heterocycles. The van der Waals surface area contributed by atoms with Gasteiger partial charge in [-0.3, -0.25) is 4.98 Å². The van der Waals surface area contributed by atoms with Gasteiger partial charge in [0.15, 0.2) is 0 Å². The zero-order chi connectivity index (χ0) is 7.52. The normalized spacial score (nSPS) is 15.8. The zero-order valence-electron chi connectivity index (χ0n) is 5.95. The van der Waals surface area contributed by atoms with E-state index >= 15 is 0 Å². The highest BCUT2D eigenvalue weighted by Gasteiger charge is 2.04. The Morgan fingerprint density at radius 3 is 3.18 bits per heavy atom. The van der Waals surface area contributed by atoms with Gasteiger partial charge in [0.25, 0.3) is 0 Å². The molecular formula is C8H8N2S. The molecule has 1 aromatic rings. The van der Waals surface area contributed by atoms with E-state index in [-0.39, 0.29) is 0 Å². The van der Waals surface area contributed by atoms with Crippen LogP contribution in [0.1, 0.15) is 5.56 Å². The second-order valence-electron chi connectivity index (χ2n) is 2.26. The van der Waals surface area contributed by atoms with Crippen LogP contribution in [0.25, 0.3) is 5.70 Å². The summed E-state index contributed by atoms with van der Waals surface area (Å²) in [7, 11) is 0. The first-order valence-electron chi connectivity index (χ1n) is 3.43. The lowest BCUT2D eigenvalue weighted by Gasteiger charge is -2.00. The molecule has 0 aromatic carbocycles. The van der Waals surface area contributed by atoms with E-state index in [1.54, 1.807) is 18.0 Å². The minimum Gasteiger partial charge on any atom is -0.375 e. The molecule has 1 N–H and O–H groups in total. The van der Waals surface area contributed by atoms with Gasteiger partial charge in [-0.15, -0.1) is 11.8 Å². The monoisotopic (exact) mass is 164 g/mol. The first-order chi connectivity index (χ1) is 5.47. The average Bonchev–Trinajstić information content (AvgIpc) is 2.58. The van der Waals surface area contributed by atoms with Gasteiger partial charge in [0.05, 0.1) is 11.6 Å². The molecule has 2 nitrogen and oxygen atoms in total. The molecule has 1 aliphatic heterocycles. The molecule has 56 valence electrons. The third-order valence-electron chi connectivity index (χ3n) is 1.52. The largest absolute Gasteiger partial charge is 0.375 e. The van der Waals surface area contributed by atoms with Gasteiger partial charge in [0, 0.05) is 18.0 Å². The number of hydrogen-bond donors (Lipinski definition) is 1. The topological polar surface area (TPSA) is 24.9 Å². The Bertz CT molecular complexity index is 269. The fraction of sp³-hybridized carbons (Fsp3) is 0.125. The molecular weight excluding hydrogens is 156 g/mol. The van der Waals surface area contributed by atoms with Gasteiger partial charge in [-0.25, -0.2) is 0 Å². The van der Waals surface area contributed by atoms with Crippen molar-refractivity contribution in [1.29, 1.82) is 0 Å². The van der Waals surface area contributed by atoms with Gasteiger partial charge in [0.1, 0.15) is 0 Å². The van der Waals surface area contributed by atoms with Gasteiger partial charge >= 0.3 is 0 Å². The molecule has 0 saturated carbocycles. The Kier molecular flexibility index (Phi) is 1.81. The fourth-order valence-electron chi connectivity index (χ4n) is 0.978. The molecule has 2 rings (SSSR count). The molecule has 2 heterocycles. The van der Waals surface area contributed by atoms with Crippen LogP contribution in [0, 0.1) is 0 Å². The molecule has 3 heteroatoms. The highest BCUT2D eigenvalue weighted by atomic mass is 32.2. The van der Waals surface area contributed by atoms with Gasteiger partial charge in [-0.1, -0.05) is 0 Å². The van der Waals surface area contributed by atoms with Crippen LogP contribution in [0.4, 0.5) is 0 Å². The standard InChI is InChI=1S/C8H8N2S/c1-2-7(4-9-3-1)8-5-11-6-10-8/h1-5,10H,6H2. The predicted molar refractivity (Wildman–Crippen MR) is 47.8 cm³/mol. The van der Waals surface area contributed by atoms with Crippen molar-refractivity contribution >= 4 is 17.5 Å². The van der Waals surface area contributed by atoms with Gasteiger partial charge in [0.2, 0.25) is 0 Å². The Morgan fingerprint density at radius 1 is 1.55 bits per heavy atom. The maximum absolute atomic E-state index is 4.04. The Labute approximate surface area is 69.7 Å². The fourth-order valence-corrected chi connectivity index (χ4v) is 1.69. The van der Waals surface area contributed by atoms with Crippen molar-refractivity contribution in [1.82, 2.24) is 10.3 Å². The number of aromatic nitrogens is 1. The molecule has 11 heavy (non-hydrogen) atoms. The van der Waals surface area contributed by atoms with Crippen molar-refractivity contribution in [3.63, 3.8) is 0 Å². The smallest absolute Gasteiger partial charge is 0.0652 e. The van der Waals surface area contributed by atoms with Crippen LogP contribution in [-0.2, 0) is 0 Å². The first kappa shape index (κ1) is 6.73. The Balaban J connectivity index is 2.29. The highest BCUT2D eigenvalue weighted by Crippen LogP contribution is 2.20. The summed E-state index contributed by atoms with van der Waals surface area (Å²) in [4.78, 5) is 4.04. The summed E-state index contributed by atoms with van der Waals surface area (Å²) in [5, 5.41) is 5.38. The van der Waals surface area contributed by atoms with Crippen molar-refractivity contribution < 1.29 is 0 Å². The van der Waals surface area contributed by atoms with Crippen LogP contribution in [0.2, 0.25) is 0 Å². The van der Waals surface area contributed by atoms with Crippen molar-refractivity contribution in [3.05, 3.63) is 35.5 Å². The summed E-state index contributed by atoms with van der Waals surface area (Å²) in [6.07, 6.45) is 3.65. The lowest BCUT2D eigenvalue weighted by molar-refractivity contribution is 1.10.